The lowest BCUT2D eigenvalue weighted by atomic mass is 9.80. The van der Waals surface area contributed by atoms with Crippen molar-refractivity contribution in [2.75, 3.05) is 7.11 Å². The van der Waals surface area contributed by atoms with Crippen molar-refractivity contribution in [1.82, 2.24) is 15.0 Å². The first-order valence-electron chi connectivity index (χ1n) is 5.81. The summed E-state index contributed by atoms with van der Waals surface area (Å²) in [6, 6.07) is 0. The topological polar surface area (TPSA) is 39.9 Å². The molecule has 0 N–H and O–H groups in total. The van der Waals surface area contributed by atoms with Crippen molar-refractivity contribution < 1.29 is 4.74 Å². The zero-order valence-electron chi connectivity index (χ0n) is 11.0. The molecule has 0 saturated heterocycles. The molecule has 0 bridgehead atoms. The summed E-state index contributed by atoms with van der Waals surface area (Å²) in [5.41, 5.74) is 1.32. The third-order valence-corrected chi connectivity index (χ3v) is 2.47. The fourth-order valence-corrected chi connectivity index (χ4v) is 2.28. The maximum Gasteiger partial charge on any atom is 0.140 e. The summed E-state index contributed by atoms with van der Waals surface area (Å²) < 4.78 is 6.72. The van der Waals surface area contributed by atoms with Crippen LogP contribution in [0.3, 0.4) is 0 Å². The molecule has 1 aromatic heterocycles. The van der Waals surface area contributed by atoms with Crippen LogP contribution in [0.5, 0.6) is 0 Å². The summed E-state index contributed by atoms with van der Waals surface area (Å²) in [6.07, 6.45) is 4.13. The van der Waals surface area contributed by atoms with Crippen LogP contribution in [0.4, 0.5) is 0 Å². The molecule has 1 aromatic rings. The van der Waals surface area contributed by atoms with Crippen LogP contribution in [0.25, 0.3) is 0 Å². The molecule has 4 heteroatoms. The molecule has 16 heavy (non-hydrogen) atoms. The van der Waals surface area contributed by atoms with E-state index in [4.69, 9.17) is 4.74 Å². The predicted octanol–water partition coefficient (Wildman–Crippen LogP) is 2.50. The summed E-state index contributed by atoms with van der Waals surface area (Å²) in [7, 11) is 1.66. The van der Waals surface area contributed by atoms with E-state index in [-0.39, 0.29) is 5.41 Å². The number of ether oxygens (including phenoxy) is 1. The van der Waals surface area contributed by atoms with Gasteiger partial charge in [0.2, 0.25) is 0 Å². The van der Waals surface area contributed by atoms with Gasteiger partial charge in [-0.15, -0.1) is 5.10 Å². The van der Waals surface area contributed by atoms with Crippen molar-refractivity contribution in [3.05, 3.63) is 11.9 Å². The first-order chi connectivity index (χ1) is 7.43. The first-order valence-corrected chi connectivity index (χ1v) is 5.81. The van der Waals surface area contributed by atoms with Crippen LogP contribution < -0.4 is 0 Å². The molecule has 1 rings (SSSR count). The third kappa shape index (κ3) is 4.31. The van der Waals surface area contributed by atoms with Gasteiger partial charge >= 0.3 is 0 Å². The molecule has 92 valence electrons. The molecule has 0 aliphatic rings. The maximum atomic E-state index is 5.00. The highest BCUT2D eigenvalue weighted by Gasteiger charge is 2.21. The molecule has 0 saturated carbocycles. The SMILES string of the molecule is COCn1cc(CC(C)(C)CC(C)C)nn1. The molecule has 0 radical (unpaired) electrons. The number of methoxy groups -OCH3 is 1. The Bertz CT molecular complexity index is 318. The van der Waals surface area contributed by atoms with E-state index in [2.05, 4.69) is 38.0 Å². The second-order valence-corrected chi connectivity index (χ2v) is 5.61. The minimum atomic E-state index is 0.280. The van der Waals surface area contributed by atoms with Crippen LogP contribution in [-0.2, 0) is 17.9 Å². The molecule has 0 aliphatic heterocycles. The van der Waals surface area contributed by atoms with Crippen molar-refractivity contribution in [1.29, 1.82) is 0 Å². The van der Waals surface area contributed by atoms with E-state index in [1.54, 1.807) is 11.8 Å². The van der Waals surface area contributed by atoms with Gasteiger partial charge in [0.1, 0.15) is 6.73 Å². The molecule has 0 spiro atoms. The smallest absolute Gasteiger partial charge is 0.140 e. The average Bonchev–Trinajstić information content (AvgIpc) is 2.49. The van der Waals surface area contributed by atoms with Gasteiger partial charge in [0.25, 0.3) is 0 Å². The second-order valence-electron chi connectivity index (χ2n) is 5.61. The number of hydrogen-bond acceptors (Lipinski definition) is 3. The predicted molar refractivity (Wildman–Crippen MR) is 64.0 cm³/mol. The Balaban J connectivity index is 2.57. The van der Waals surface area contributed by atoms with E-state index in [1.165, 1.54) is 6.42 Å². The van der Waals surface area contributed by atoms with E-state index >= 15 is 0 Å². The lowest BCUT2D eigenvalue weighted by Gasteiger charge is -2.25. The van der Waals surface area contributed by atoms with Crippen LogP contribution >= 0.6 is 0 Å². The highest BCUT2D eigenvalue weighted by atomic mass is 16.5. The molecule has 4 nitrogen and oxygen atoms in total. The molecular formula is C12H23N3O. The minimum absolute atomic E-state index is 0.280. The lowest BCUT2D eigenvalue weighted by molar-refractivity contribution is 0.119. The Morgan fingerprint density at radius 3 is 2.69 bits per heavy atom. The zero-order chi connectivity index (χ0) is 12.2. The van der Waals surface area contributed by atoms with Crippen molar-refractivity contribution in [3.8, 4) is 0 Å². The number of nitrogens with zero attached hydrogens (tertiary/aromatic N) is 3. The molecule has 0 amide bonds. The lowest BCUT2D eigenvalue weighted by Crippen LogP contribution is -2.17. The van der Waals surface area contributed by atoms with Gasteiger partial charge in [-0.1, -0.05) is 32.9 Å². The van der Waals surface area contributed by atoms with Gasteiger partial charge in [-0.3, -0.25) is 0 Å². The molecule has 0 atom stereocenters. The van der Waals surface area contributed by atoms with E-state index in [0.29, 0.717) is 12.6 Å². The van der Waals surface area contributed by atoms with Gasteiger partial charge in [-0.05, 0) is 24.2 Å². The summed E-state index contributed by atoms with van der Waals surface area (Å²) in [4.78, 5) is 0. The molecule has 0 fully saturated rings. The molecule has 0 unspecified atom stereocenters. The van der Waals surface area contributed by atoms with Gasteiger partial charge < -0.3 is 4.74 Å². The number of rotatable bonds is 6. The molecule has 0 aromatic carbocycles. The van der Waals surface area contributed by atoms with Crippen molar-refractivity contribution in [3.63, 3.8) is 0 Å². The van der Waals surface area contributed by atoms with Gasteiger partial charge in [0, 0.05) is 7.11 Å². The summed E-state index contributed by atoms with van der Waals surface area (Å²) in [6.45, 7) is 9.54. The fraction of sp³-hybridized carbons (Fsp3) is 0.833. The van der Waals surface area contributed by atoms with E-state index in [1.807, 2.05) is 6.20 Å². The van der Waals surface area contributed by atoms with Gasteiger partial charge in [-0.25, -0.2) is 4.68 Å². The van der Waals surface area contributed by atoms with Crippen LogP contribution in [-0.4, -0.2) is 22.1 Å². The number of hydrogen-bond donors (Lipinski definition) is 0. The Morgan fingerprint density at radius 1 is 1.44 bits per heavy atom. The van der Waals surface area contributed by atoms with Gasteiger partial charge in [0.15, 0.2) is 0 Å². The summed E-state index contributed by atoms with van der Waals surface area (Å²) in [5.74, 6) is 0.712. The van der Waals surface area contributed by atoms with Crippen LogP contribution in [0.15, 0.2) is 6.20 Å². The highest BCUT2D eigenvalue weighted by Crippen LogP contribution is 2.28. The third-order valence-electron chi connectivity index (χ3n) is 2.47. The number of aromatic nitrogens is 3. The fourth-order valence-electron chi connectivity index (χ4n) is 2.28. The Labute approximate surface area is 98.0 Å². The van der Waals surface area contributed by atoms with E-state index < -0.39 is 0 Å². The van der Waals surface area contributed by atoms with Crippen LogP contribution in [0.2, 0.25) is 0 Å². The summed E-state index contributed by atoms with van der Waals surface area (Å²) in [5, 5.41) is 8.17. The highest BCUT2D eigenvalue weighted by molar-refractivity contribution is 4.96. The quantitative estimate of drug-likeness (QED) is 0.746. The van der Waals surface area contributed by atoms with E-state index in [0.717, 1.165) is 12.1 Å². The molecular weight excluding hydrogens is 202 g/mol. The van der Waals surface area contributed by atoms with Crippen molar-refractivity contribution in [2.24, 2.45) is 11.3 Å². The van der Waals surface area contributed by atoms with E-state index in [9.17, 15) is 0 Å². The van der Waals surface area contributed by atoms with Gasteiger partial charge in [-0.2, -0.15) is 0 Å². The Kier molecular flexibility index (Phi) is 4.47. The molecule has 0 aliphatic carbocycles. The van der Waals surface area contributed by atoms with Crippen LogP contribution in [0.1, 0.15) is 39.8 Å². The summed E-state index contributed by atoms with van der Waals surface area (Å²) >= 11 is 0. The largest absolute Gasteiger partial charge is 0.362 e. The van der Waals surface area contributed by atoms with Gasteiger partial charge in [0.05, 0.1) is 11.9 Å². The first kappa shape index (κ1) is 13.2. The van der Waals surface area contributed by atoms with Crippen LogP contribution in [0, 0.1) is 11.3 Å². The zero-order valence-corrected chi connectivity index (χ0v) is 11.0. The van der Waals surface area contributed by atoms with Crippen molar-refractivity contribution >= 4 is 0 Å². The normalized spacial score (nSPS) is 12.4. The average molecular weight is 225 g/mol. The Hall–Kier alpha value is -0.900. The second kappa shape index (κ2) is 5.43. The maximum absolute atomic E-state index is 5.00. The Morgan fingerprint density at radius 2 is 2.12 bits per heavy atom. The monoisotopic (exact) mass is 225 g/mol. The molecule has 1 heterocycles. The van der Waals surface area contributed by atoms with Crippen molar-refractivity contribution in [2.45, 2.75) is 47.3 Å². The minimum Gasteiger partial charge on any atom is -0.362 e. The standard InChI is InChI=1S/C12H23N3O/c1-10(2)6-12(3,4)7-11-8-15(9-16-5)14-13-11/h8,10H,6-7,9H2,1-5H3.